The van der Waals surface area contributed by atoms with Crippen molar-refractivity contribution in [2.75, 3.05) is 0 Å². The van der Waals surface area contributed by atoms with Crippen molar-refractivity contribution in [3.05, 3.63) is 11.8 Å². The first-order valence-corrected chi connectivity index (χ1v) is 12.0. The molecular weight excluding hydrogens is 288 g/mol. The van der Waals surface area contributed by atoms with Gasteiger partial charge in [0.1, 0.15) is 0 Å². The van der Waals surface area contributed by atoms with Gasteiger partial charge in [-0.1, -0.05) is 90.9 Å². The molecule has 0 bridgehead atoms. The zero-order valence-corrected chi connectivity index (χ0v) is 16.7. The second-order valence-corrected chi connectivity index (χ2v) is 11.4. The standard InChI is InChI=1S/C19H38O2Si/c1-7-11-14-22(15-12-8-2,16-13-9-3)18(6)19(20)21-17(5)10-4/h17H,6-16H2,1-5H3. The quantitative estimate of drug-likeness (QED) is 0.226. The van der Waals surface area contributed by atoms with Gasteiger partial charge in [0, 0.05) is 5.20 Å². The molecule has 0 heterocycles. The highest BCUT2D eigenvalue weighted by molar-refractivity contribution is 6.90. The van der Waals surface area contributed by atoms with Gasteiger partial charge in [0.15, 0.2) is 0 Å². The summed E-state index contributed by atoms with van der Waals surface area (Å²) in [5.74, 6) is -0.107. The first-order chi connectivity index (χ1) is 10.5. The molecule has 0 aliphatic carbocycles. The fourth-order valence-corrected chi connectivity index (χ4v) is 8.17. The summed E-state index contributed by atoms with van der Waals surface area (Å²) in [6, 6.07) is 3.62. The lowest BCUT2D eigenvalue weighted by Crippen LogP contribution is -2.41. The van der Waals surface area contributed by atoms with E-state index in [9.17, 15) is 4.79 Å². The van der Waals surface area contributed by atoms with Gasteiger partial charge in [-0.05, 0) is 13.3 Å². The van der Waals surface area contributed by atoms with E-state index in [-0.39, 0.29) is 12.1 Å². The second-order valence-electron chi connectivity index (χ2n) is 6.69. The predicted molar refractivity (Wildman–Crippen MR) is 99.9 cm³/mol. The molecule has 0 aromatic carbocycles. The van der Waals surface area contributed by atoms with Crippen LogP contribution in [0.1, 0.15) is 79.6 Å². The van der Waals surface area contributed by atoms with Crippen molar-refractivity contribution in [2.24, 2.45) is 0 Å². The number of ether oxygens (including phenoxy) is 1. The van der Waals surface area contributed by atoms with Crippen LogP contribution in [0.15, 0.2) is 11.8 Å². The largest absolute Gasteiger partial charge is 0.460 e. The maximum absolute atomic E-state index is 12.6. The zero-order valence-electron chi connectivity index (χ0n) is 15.7. The van der Waals surface area contributed by atoms with Crippen molar-refractivity contribution in [1.29, 1.82) is 0 Å². The Morgan fingerprint density at radius 1 is 0.955 bits per heavy atom. The molecule has 0 fully saturated rings. The van der Waals surface area contributed by atoms with Gasteiger partial charge in [0.25, 0.3) is 0 Å². The lowest BCUT2D eigenvalue weighted by molar-refractivity contribution is -0.142. The van der Waals surface area contributed by atoms with Crippen LogP contribution in [-0.2, 0) is 9.53 Å². The molecule has 22 heavy (non-hydrogen) atoms. The van der Waals surface area contributed by atoms with E-state index >= 15 is 0 Å². The van der Waals surface area contributed by atoms with Crippen LogP contribution >= 0.6 is 0 Å². The highest BCUT2D eigenvalue weighted by Gasteiger charge is 2.38. The van der Waals surface area contributed by atoms with Crippen molar-refractivity contribution < 1.29 is 9.53 Å². The fraction of sp³-hybridized carbons (Fsp3) is 0.842. The summed E-state index contributed by atoms with van der Waals surface area (Å²) in [6.07, 6.45) is 8.11. The Kier molecular flexibility index (Phi) is 11.6. The number of carbonyl (C=O) groups is 1. The van der Waals surface area contributed by atoms with Crippen molar-refractivity contribution >= 4 is 14.0 Å². The minimum absolute atomic E-state index is 0.000486. The minimum atomic E-state index is -1.77. The smallest absolute Gasteiger partial charge is 0.329 e. The van der Waals surface area contributed by atoms with Gasteiger partial charge in [0.05, 0.1) is 14.2 Å². The molecule has 1 atom stereocenters. The number of unbranched alkanes of at least 4 members (excludes halogenated alkanes) is 3. The van der Waals surface area contributed by atoms with E-state index in [4.69, 9.17) is 4.74 Å². The van der Waals surface area contributed by atoms with Gasteiger partial charge in [-0.3, -0.25) is 0 Å². The van der Waals surface area contributed by atoms with Crippen LogP contribution in [0, 0.1) is 0 Å². The minimum Gasteiger partial charge on any atom is -0.460 e. The number of rotatable bonds is 13. The lowest BCUT2D eigenvalue weighted by atomic mass is 10.3. The zero-order chi connectivity index (χ0) is 17.0. The van der Waals surface area contributed by atoms with Crippen molar-refractivity contribution in [3.63, 3.8) is 0 Å². The Labute approximate surface area is 139 Å². The molecule has 0 saturated heterocycles. The van der Waals surface area contributed by atoms with Gasteiger partial charge in [0.2, 0.25) is 0 Å². The molecule has 0 rings (SSSR count). The Hall–Kier alpha value is -0.573. The van der Waals surface area contributed by atoms with Crippen molar-refractivity contribution in [1.82, 2.24) is 0 Å². The van der Waals surface area contributed by atoms with E-state index in [1.54, 1.807) is 0 Å². The van der Waals surface area contributed by atoms with E-state index in [0.29, 0.717) is 0 Å². The third kappa shape index (κ3) is 7.13. The van der Waals surface area contributed by atoms with Crippen LogP contribution < -0.4 is 0 Å². The number of esters is 1. The first-order valence-electron chi connectivity index (χ1n) is 9.37. The van der Waals surface area contributed by atoms with Crippen molar-refractivity contribution in [3.8, 4) is 0 Å². The van der Waals surface area contributed by atoms with Gasteiger partial charge in [-0.15, -0.1) is 0 Å². The Morgan fingerprint density at radius 2 is 1.36 bits per heavy atom. The predicted octanol–water partition coefficient (Wildman–Crippen LogP) is 6.27. The normalized spacial score (nSPS) is 13.0. The molecule has 0 aliphatic heterocycles. The molecular formula is C19H38O2Si. The summed E-state index contributed by atoms with van der Waals surface area (Å²) in [4.78, 5) is 12.6. The number of carbonyl (C=O) groups excluding carboxylic acids is 1. The fourth-order valence-electron chi connectivity index (χ4n) is 2.93. The second kappa shape index (κ2) is 11.9. The van der Waals surface area contributed by atoms with Gasteiger partial charge < -0.3 is 4.74 Å². The van der Waals surface area contributed by atoms with E-state index in [2.05, 4.69) is 34.3 Å². The molecule has 3 heteroatoms. The maximum Gasteiger partial charge on any atom is 0.329 e. The number of hydrogen-bond donors (Lipinski definition) is 0. The third-order valence-corrected chi connectivity index (χ3v) is 10.2. The molecule has 1 unspecified atom stereocenters. The van der Waals surface area contributed by atoms with Crippen LogP contribution in [0.3, 0.4) is 0 Å². The summed E-state index contributed by atoms with van der Waals surface area (Å²) in [5, 5.41) is 0.864. The summed E-state index contributed by atoms with van der Waals surface area (Å²) in [7, 11) is -1.77. The molecule has 2 nitrogen and oxygen atoms in total. The van der Waals surface area contributed by atoms with Gasteiger partial charge >= 0.3 is 5.97 Å². The summed E-state index contributed by atoms with van der Waals surface area (Å²) in [6.45, 7) is 15.0. The highest BCUT2D eigenvalue weighted by Crippen LogP contribution is 2.34. The highest BCUT2D eigenvalue weighted by atomic mass is 28.3. The molecule has 0 aromatic rings. The molecule has 0 aliphatic rings. The summed E-state index contributed by atoms with van der Waals surface area (Å²) >= 11 is 0. The van der Waals surface area contributed by atoms with E-state index in [1.165, 1.54) is 56.7 Å². The summed E-state index contributed by atoms with van der Waals surface area (Å²) in [5.41, 5.74) is 0. The molecule has 0 amide bonds. The Bertz CT molecular complexity index is 304. The van der Waals surface area contributed by atoms with Crippen LogP contribution in [0.25, 0.3) is 0 Å². The molecule has 0 radical (unpaired) electrons. The van der Waals surface area contributed by atoms with E-state index in [1.807, 2.05) is 6.92 Å². The molecule has 0 N–H and O–H groups in total. The SMILES string of the molecule is C=C(C(=O)OC(C)CC)[Si](CCCC)(CCCC)CCCC. The maximum atomic E-state index is 12.6. The lowest BCUT2D eigenvalue weighted by Gasteiger charge is -2.33. The molecule has 0 aromatic heterocycles. The number of hydrogen-bond acceptors (Lipinski definition) is 2. The monoisotopic (exact) mass is 326 g/mol. The average molecular weight is 327 g/mol. The Balaban J connectivity index is 5.18. The Morgan fingerprint density at radius 3 is 1.68 bits per heavy atom. The van der Waals surface area contributed by atoms with E-state index < -0.39 is 8.07 Å². The topological polar surface area (TPSA) is 26.3 Å². The van der Waals surface area contributed by atoms with E-state index in [0.717, 1.165) is 11.6 Å². The molecule has 0 spiro atoms. The van der Waals surface area contributed by atoms with Crippen LogP contribution in [-0.4, -0.2) is 20.1 Å². The molecule has 0 saturated carbocycles. The average Bonchev–Trinajstić information content (AvgIpc) is 2.53. The van der Waals surface area contributed by atoms with Crippen LogP contribution in [0.4, 0.5) is 0 Å². The van der Waals surface area contributed by atoms with Crippen molar-refractivity contribution in [2.45, 2.75) is 104 Å². The van der Waals surface area contributed by atoms with Crippen LogP contribution in [0.5, 0.6) is 0 Å². The summed E-state index contributed by atoms with van der Waals surface area (Å²) < 4.78 is 5.60. The first kappa shape index (κ1) is 21.4. The van der Waals surface area contributed by atoms with Crippen LogP contribution in [0.2, 0.25) is 18.1 Å². The third-order valence-electron chi connectivity index (χ3n) is 4.80. The molecule has 130 valence electrons. The van der Waals surface area contributed by atoms with Gasteiger partial charge in [-0.2, -0.15) is 0 Å². The van der Waals surface area contributed by atoms with Gasteiger partial charge in [-0.25, -0.2) is 4.79 Å².